The predicted molar refractivity (Wildman–Crippen MR) is 63.7 cm³/mol. The lowest BCUT2D eigenvalue weighted by Gasteiger charge is -2.29. The van der Waals surface area contributed by atoms with Crippen molar-refractivity contribution in [2.75, 3.05) is 19.8 Å². The topological polar surface area (TPSA) is 30.5 Å². The molecule has 0 saturated carbocycles. The van der Waals surface area contributed by atoms with Gasteiger partial charge in [-0.25, -0.2) is 4.39 Å². The average molecular weight is 239 g/mol. The number of benzene rings is 1. The summed E-state index contributed by atoms with van der Waals surface area (Å²) in [6.07, 6.45) is 0. The Hall–Kier alpha value is -1.13. The summed E-state index contributed by atoms with van der Waals surface area (Å²) < 4.78 is 24.3. The number of hydrogen-bond donors (Lipinski definition) is 1. The van der Waals surface area contributed by atoms with Crippen molar-refractivity contribution in [2.24, 2.45) is 0 Å². The molecule has 0 spiro atoms. The highest BCUT2D eigenvalue weighted by Crippen LogP contribution is 2.24. The van der Waals surface area contributed by atoms with Crippen molar-refractivity contribution in [3.05, 3.63) is 29.6 Å². The van der Waals surface area contributed by atoms with Crippen LogP contribution in [0.1, 0.15) is 25.5 Å². The zero-order valence-corrected chi connectivity index (χ0v) is 10.2. The Bertz CT molecular complexity index is 384. The van der Waals surface area contributed by atoms with Crippen LogP contribution >= 0.6 is 0 Å². The quantitative estimate of drug-likeness (QED) is 0.877. The second kappa shape index (κ2) is 5.47. The van der Waals surface area contributed by atoms with Gasteiger partial charge in [0.25, 0.3) is 0 Å². The maximum atomic E-state index is 13.7. The van der Waals surface area contributed by atoms with Gasteiger partial charge in [0.2, 0.25) is 0 Å². The van der Waals surface area contributed by atoms with Gasteiger partial charge in [0, 0.05) is 6.04 Å². The summed E-state index contributed by atoms with van der Waals surface area (Å²) in [7, 11) is 0. The Kier molecular flexibility index (Phi) is 3.97. The van der Waals surface area contributed by atoms with Crippen molar-refractivity contribution < 1.29 is 13.9 Å². The summed E-state index contributed by atoms with van der Waals surface area (Å²) in [6.45, 7) is 5.65. The van der Waals surface area contributed by atoms with Crippen molar-refractivity contribution in [1.82, 2.24) is 5.32 Å². The molecule has 1 N–H and O–H groups in total. The van der Waals surface area contributed by atoms with E-state index in [1.807, 2.05) is 13.0 Å². The highest BCUT2D eigenvalue weighted by molar-refractivity contribution is 5.31. The van der Waals surface area contributed by atoms with Crippen molar-refractivity contribution >= 4 is 0 Å². The molecule has 0 amide bonds. The monoisotopic (exact) mass is 239 g/mol. The van der Waals surface area contributed by atoms with Gasteiger partial charge < -0.3 is 14.8 Å². The summed E-state index contributed by atoms with van der Waals surface area (Å²) >= 11 is 0. The minimum Gasteiger partial charge on any atom is -0.491 e. The van der Waals surface area contributed by atoms with Gasteiger partial charge in [-0.15, -0.1) is 0 Å². The fraction of sp³-hybridized carbons (Fsp3) is 0.538. The van der Waals surface area contributed by atoms with Crippen LogP contribution in [0.15, 0.2) is 18.2 Å². The van der Waals surface area contributed by atoms with Gasteiger partial charge in [0.05, 0.1) is 25.9 Å². The minimum atomic E-state index is -0.315. The van der Waals surface area contributed by atoms with Crippen LogP contribution in [0.2, 0.25) is 0 Å². The Labute approximate surface area is 101 Å². The smallest absolute Gasteiger partial charge is 0.165 e. The third-order valence-electron chi connectivity index (χ3n) is 2.80. The number of rotatable bonds is 3. The molecule has 2 atom stereocenters. The second-order valence-corrected chi connectivity index (χ2v) is 4.28. The van der Waals surface area contributed by atoms with Crippen LogP contribution in [0, 0.1) is 5.82 Å². The lowest BCUT2D eigenvalue weighted by Crippen LogP contribution is -2.41. The van der Waals surface area contributed by atoms with Gasteiger partial charge in [-0.1, -0.05) is 6.07 Å². The van der Waals surface area contributed by atoms with Crippen molar-refractivity contribution in [1.29, 1.82) is 0 Å². The van der Waals surface area contributed by atoms with Crippen LogP contribution in [0.5, 0.6) is 5.75 Å². The SMILES string of the molecule is CCOc1ccc(C2COCC(C)N2)cc1F. The van der Waals surface area contributed by atoms with Crippen LogP contribution in [-0.4, -0.2) is 25.9 Å². The van der Waals surface area contributed by atoms with Gasteiger partial charge in [-0.05, 0) is 31.5 Å². The van der Waals surface area contributed by atoms with E-state index in [9.17, 15) is 4.39 Å². The van der Waals surface area contributed by atoms with Gasteiger partial charge in [0.15, 0.2) is 11.6 Å². The number of morpholine rings is 1. The van der Waals surface area contributed by atoms with E-state index < -0.39 is 0 Å². The number of nitrogens with one attached hydrogen (secondary N) is 1. The van der Waals surface area contributed by atoms with Crippen LogP contribution in [0.3, 0.4) is 0 Å². The molecule has 17 heavy (non-hydrogen) atoms. The first-order chi connectivity index (χ1) is 8.20. The first kappa shape index (κ1) is 12.3. The molecule has 94 valence electrons. The molecular formula is C13H18FNO2. The average Bonchev–Trinajstić information content (AvgIpc) is 2.32. The molecular weight excluding hydrogens is 221 g/mol. The molecule has 1 heterocycles. The minimum absolute atomic E-state index is 0.0592. The Morgan fingerprint density at radius 1 is 1.47 bits per heavy atom. The summed E-state index contributed by atoms with van der Waals surface area (Å²) in [5.41, 5.74) is 0.900. The van der Waals surface area contributed by atoms with E-state index in [-0.39, 0.29) is 11.9 Å². The van der Waals surface area contributed by atoms with E-state index in [0.717, 1.165) is 5.56 Å². The molecule has 0 bridgehead atoms. The largest absolute Gasteiger partial charge is 0.491 e. The molecule has 1 fully saturated rings. The van der Waals surface area contributed by atoms with Gasteiger partial charge in [-0.2, -0.15) is 0 Å². The molecule has 1 aliphatic rings. The Morgan fingerprint density at radius 2 is 2.29 bits per heavy atom. The summed E-state index contributed by atoms with van der Waals surface area (Å²) in [6, 6.07) is 5.43. The van der Waals surface area contributed by atoms with E-state index in [4.69, 9.17) is 9.47 Å². The van der Waals surface area contributed by atoms with Gasteiger partial charge >= 0.3 is 0 Å². The highest BCUT2D eigenvalue weighted by atomic mass is 19.1. The van der Waals surface area contributed by atoms with E-state index in [0.29, 0.717) is 31.6 Å². The summed E-state index contributed by atoms with van der Waals surface area (Å²) in [5.74, 6) is -0.00889. The lowest BCUT2D eigenvalue weighted by atomic mass is 10.0. The van der Waals surface area contributed by atoms with Crippen molar-refractivity contribution in [3.8, 4) is 5.75 Å². The molecule has 0 aliphatic carbocycles. The molecule has 1 aromatic carbocycles. The van der Waals surface area contributed by atoms with E-state index >= 15 is 0 Å². The number of hydrogen-bond acceptors (Lipinski definition) is 3. The maximum absolute atomic E-state index is 13.7. The molecule has 1 aliphatic heterocycles. The molecule has 0 aromatic heterocycles. The molecule has 1 aromatic rings. The third-order valence-corrected chi connectivity index (χ3v) is 2.80. The first-order valence-electron chi connectivity index (χ1n) is 5.96. The number of ether oxygens (including phenoxy) is 2. The normalized spacial score (nSPS) is 24.6. The zero-order chi connectivity index (χ0) is 12.3. The van der Waals surface area contributed by atoms with Crippen LogP contribution in [0.25, 0.3) is 0 Å². The lowest BCUT2D eigenvalue weighted by molar-refractivity contribution is 0.0503. The summed E-state index contributed by atoms with van der Waals surface area (Å²) in [5, 5.41) is 3.38. The van der Waals surface area contributed by atoms with Crippen LogP contribution in [-0.2, 0) is 4.74 Å². The molecule has 0 radical (unpaired) electrons. The van der Waals surface area contributed by atoms with E-state index in [2.05, 4.69) is 12.2 Å². The zero-order valence-electron chi connectivity index (χ0n) is 10.2. The maximum Gasteiger partial charge on any atom is 0.165 e. The number of halogens is 1. The molecule has 4 heteroatoms. The third kappa shape index (κ3) is 2.96. The van der Waals surface area contributed by atoms with Crippen molar-refractivity contribution in [3.63, 3.8) is 0 Å². The molecule has 2 rings (SSSR count). The standard InChI is InChI=1S/C13H18FNO2/c1-3-17-13-5-4-10(6-11(13)14)12-8-16-7-9(2)15-12/h4-6,9,12,15H,3,7-8H2,1-2H3. The van der Waals surface area contributed by atoms with Gasteiger partial charge in [-0.3, -0.25) is 0 Å². The highest BCUT2D eigenvalue weighted by Gasteiger charge is 2.20. The summed E-state index contributed by atoms with van der Waals surface area (Å²) in [4.78, 5) is 0. The van der Waals surface area contributed by atoms with E-state index in [1.54, 1.807) is 6.07 Å². The predicted octanol–water partition coefficient (Wildman–Crippen LogP) is 2.27. The van der Waals surface area contributed by atoms with Crippen LogP contribution < -0.4 is 10.1 Å². The van der Waals surface area contributed by atoms with Crippen LogP contribution in [0.4, 0.5) is 4.39 Å². The first-order valence-corrected chi connectivity index (χ1v) is 5.96. The Morgan fingerprint density at radius 3 is 2.94 bits per heavy atom. The van der Waals surface area contributed by atoms with Gasteiger partial charge in [0.1, 0.15) is 0 Å². The second-order valence-electron chi connectivity index (χ2n) is 4.28. The molecule has 3 nitrogen and oxygen atoms in total. The molecule has 2 unspecified atom stereocenters. The fourth-order valence-corrected chi connectivity index (χ4v) is 2.00. The Balaban J connectivity index is 2.13. The molecule has 1 saturated heterocycles. The van der Waals surface area contributed by atoms with Crippen molar-refractivity contribution in [2.45, 2.75) is 25.9 Å². The van der Waals surface area contributed by atoms with E-state index in [1.165, 1.54) is 6.07 Å². The fourth-order valence-electron chi connectivity index (χ4n) is 2.00.